The lowest BCUT2D eigenvalue weighted by Gasteiger charge is -2.05. The van der Waals surface area contributed by atoms with E-state index in [2.05, 4.69) is 43.2 Å². The van der Waals surface area contributed by atoms with Crippen molar-refractivity contribution in [1.29, 1.82) is 0 Å². The number of amides is 1. The van der Waals surface area contributed by atoms with Crippen molar-refractivity contribution in [3.63, 3.8) is 0 Å². The molecule has 25 heavy (non-hydrogen) atoms. The summed E-state index contributed by atoms with van der Waals surface area (Å²) in [5, 5.41) is 15.0. The van der Waals surface area contributed by atoms with Gasteiger partial charge < -0.3 is 5.32 Å². The maximum Gasteiger partial charge on any atom is 0.297 e. The van der Waals surface area contributed by atoms with Crippen LogP contribution in [0.4, 0.5) is 5.82 Å². The minimum Gasteiger partial charge on any atom is -0.304 e. The fourth-order valence-electron chi connectivity index (χ4n) is 2.33. The van der Waals surface area contributed by atoms with Crippen molar-refractivity contribution in [2.75, 3.05) is 5.32 Å². The summed E-state index contributed by atoms with van der Waals surface area (Å²) in [6.07, 6.45) is 3.22. The van der Waals surface area contributed by atoms with Crippen molar-refractivity contribution in [3.8, 4) is 0 Å². The van der Waals surface area contributed by atoms with Crippen LogP contribution in [0.3, 0.4) is 0 Å². The Bertz CT molecular complexity index is 947. The van der Waals surface area contributed by atoms with E-state index in [1.165, 1.54) is 14.0 Å². The number of carbonyl (C=O) groups excluding carboxylic acids is 2. The summed E-state index contributed by atoms with van der Waals surface area (Å²) in [5.74, 6) is -0.348. The number of nitrogens with one attached hydrogen (secondary N) is 1. The molecule has 0 aliphatic carbocycles. The third-order valence-electron chi connectivity index (χ3n) is 3.53. The summed E-state index contributed by atoms with van der Waals surface area (Å²) in [5.41, 5.74) is 1.48. The van der Waals surface area contributed by atoms with Crippen LogP contribution in [0.1, 0.15) is 26.7 Å². The van der Waals surface area contributed by atoms with Gasteiger partial charge in [0.05, 0.1) is 19.5 Å². The fourth-order valence-corrected chi connectivity index (χ4v) is 3.76. The monoisotopic (exact) mass is 565 g/mol. The molecule has 0 atom stereocenters. The quantitative estimate of drug-likeness (QED) is 0.489. The highest BCUT2D eigenvalue weighted by Crippen LogP contribution is 2.17. The molecule has 9 nitrogen and oxygen atoms in total. The SMILES string of the molecule is Cc1cc(NC(=O)c2c(I)cnn2C)nn1C(=O)c1c(I)cnn1C. The molecule has 1 amide bonds. The first-order valence-corrected chi connectivity index (χ1v) is 9.23. The van der Waals surface area contributed by atoms with E-state index in [1.54, 1.807) is 39.5 Å². The Morgan fingerprint density at radius 1 is 1.04 bits per heavy atom. The Kier molecular flexibility index (Phi) is 4.95. The van der Waals surface area contributed by atoms with Gasteiger partial charge in [-0.15, -0.1) is 5.10 Å². The van der Waals surface area contributed by atoms with Crippen LogP contribution in [-0.4, -0.2) is 41.2 Å². The topological polar surface area (TPSA) is 99.6 Å². The van der Waals surface area contributed by atoms with Crippen LogP contribution < -0.4 is 5.32 Å². The molecule has 11 heteroatoms. The van der Waals surface area contributed by atoms with Crippen LogP contribution >= 0.6 is 45.2 Å². The van der Waals surface area contributed by atoms with Gasteiger partial charge in [0.1, 0.15) is 11.4 Å². The Morgan fingerprint density at radius 3 is 2.12 bits per heavy atom. The lowest BCUT2D eigenvalue weighted by molar-refractivity contribution is 0.0930. The van der Waals surface area contributed by atoms with Gasteiger partial charge in [0.2, 0.25) is 0 Å². The van der Waals surface area contributed by atoms with E-state index in [1.807, 2.05) is 22.6 Å². The smallest absolute Gasteiger partial charge is 0.297 e. The second kappa shape index (κ2) is 6.86. The predicted octanol–water partition coefficient (Wildman–Crippen LogP) is 1.81. The lowest BCUT2D eigenvalue weighted by Crippen LogP contribution is -2.21. The van der Waals surface area contributed by atoms with E-state index in [0.717, 1.165) is 7.14 Å². The summed E-state index contributed by atoms with van der Waals surface area (Å²) in [7, 11) is 3.38. The van der Waals surface area contributed by atoms with Crippen molar-refractivity contribution >= 4 is 62.8 Å². The van der Waals surface area contributed by atoms with Gasteiger partial charge in [-0.1, -0.05) is 0 Å². The van der Waals surface area contributed by atoms with E-state index in [4.69, 9.17) is 0 Å². The van der Waals surface area contributed by atoms with E-state index >= 15 is 0 Å². The molecule has 0 radical (unpaired) electrons. The van der Waals surface area contributed by atoms with Gasteiger partial charge in [-0.05, 0) is 52.1 Å². The van der Waals surface area contributed by atoms with E-state index in [-0.39, 0.29) is 11.8 Å². The van der Waals surface area contributed by atoms with E-state index < -0.39 is 0 Å². The summed E-state index contributed by atoms with van der Waals surface area (Å²) in [6.45, 7) is 1.75. The average molecular weight is 565 g/mol. The standard InChI is InChI=1S/C14H13I2N7O2/c1-7-4-10(19-13(24)11-8(15)5-17-21(11)2)20-23(7)14(25)12-9(16)6-18-22(12)3/h4-6H,1-3H3,(H,19,20,24). The Labute approximate surface area is 170 Å². The average Bonchev–Trinajstić information content (AvgIpc) is 3.17. The number of aryl methyl sites for hydroxylation is 3. The number of aromatic nitrogens is 6. The number of carbonyl (C=O) groups is 2. The first-order valence-electron chi connectivity index (χ1n) is 7.07. The van der Waals surface area contributed by atoms with Crippen LogP contribution in [0.25, 0.3) is 0 Å². The second-order valence-corrected chi connectivity index (χ2v) is 7.60. The van der Waals surface area contributed by atoms with E-state index in [0.29, 0.717) is 22.9 Å². The van der Waals surface area contributed by atoms with Gasteiger partial charge in [-0.3, -0.25) is 19.0 Å². The fraction of sp³-hybridized carbons (Fsp3) is 0.214. The third kappa shape index (κ3) is 3.33. The number of anilines is 1. The van der Waals surface area contributed by atoms with Crippen LogP contribution in [-0.2, 0) is 14.1 Å². The minimum absolute atomic E-state index is 0.296. The maximum atomic E-state index is 12.7. The van der Waals surface area contributed by atoms with Crippen molar-refractivity contribution < 1.29 is 9.59 Å². The Hall–Kier alpha value is -1.77. The predicted molar refractivity (Wildman–Crippen MR) is 106 cm³/mol. The van der Waals surface area contributed by atoms with Crippen LogP contribution in [0, 0.1) is 14.1 Å². The molecular weight excluding hydrogens is 552 g/mol. The highest BCUT2D eigenvalue weighted by atomic mass is 127. The van der Waals surface area contributed by atoms with Gasteiger partial charge in [0, 0.05) is 25.9 Å². The number of halogens is 2. The van der Waals surface area contributed by atoms with Gasteiger partial charge in [0.15, 0.2) is 5.82 Å². The molecule has 1 N–H and O–H groups in total. The molecule has 3 aromatic rings. The molecule has 0 fully saturated rings. The van der Waals surface area contributed by atoms with Crippen molar-refractivity contribution in [2.45, 2.75) is 6.92 Å². The molecule has 0 unspecified atom stereocenters. The zero-order valence-electron chi connectivity index (χ0n) is 13.5. The highest BCUT2D eigenvalue weighted by molar-refractivity contribution is 14.1. The molecule has 0 aliphatic rings. The molecular formula is C14H13I2N7O2. The molecule has 3 aromatic heterocycles. The second-order valence-electron chi connectivity index (χ2n) is 5.27. The zero-order valence-corrected chi connectivity index (χ0v) is 17.8. The zero-order chi connectivity index (χ0) is 18.3. The third-order valence-corrected chi connectivity index (χ3v) is 5.11. The number of hydrogen-bond donors (Lipinski definition) is 1. The minimum atomic E-state index is -0.336. The van der Waals surface area contributed by atoms with Gasteiger partial charge in [-0.2, -0.15) is 14.9 Å². The molecule has 3 heterocycles. The van der Waals surface area contributed by atoms with Crippen LogP contribution in [0.15, 0.2) is 18.5 Å². The maximum absolute atomic E-state index is 12.7. The molecule has 0 spiro atoms. The largest absolute Gasteiger partial charge is 0.304 e. The summed E-state index contributed by atoms with van der Waals surface area (Å²) in [6, 6.07) is 1.64. The van der Waals surface area contributed by atoms with Crippen molar-refractivity contribution in [1.82, 2.24) is 29.3 Å². The summed E-state index contributed by atoms with van der Waals surface area (Å²) in [4.78, 5) is 25.1. The number of hydrogen-bond acceptors (Lipinski definition) is 5. The van der Waals surface area contributed by atoms with Gasteiger partial charge in [-0.25, -0.2) is 0 Å². The van der Waals surface area contributed by atoms with Crippen LogP contribution in [0.2, 0.25) is 0 Å². The molecule has 0 saturated carbocycles. The molecule has 0 bridgehead atoms. The molecule has 3 rings (SSSR count). The lowest BCUT2D eigenvalue weighted by atomic mass is 10.3. The normalized spacial score (nSPS) is 10.9. The molecule has 130 valence electrons. The van der Waals surface area contributed by atoms with Gasteiger partial charge >= 0.3 is 0 Å². The molecule has 0 saturated heterocycles. The Balaban J connectivity index is 1.88. The van der Waals surface area contributed by atoms with Crippen molar-refractivity contribution in [2.24, 2.45) is 14.1 Å². The summed E-state index contributed by atoms with van der Waals surface area (Å²) < 4.78 is 5.71. The van der Waals surface area contributed by atoms with Crippen molar-refractivity contribution in [3.05, 3.63) is 42.7 Å². The molecule has 0 aromatic carbocycles. The highest BCUT2D eigenvalue weighted by Gasteiger charge is 2.22. The Morgan fingerprint density at radius 2 is 1.60 bits per heavy atom. The molecule has 0 aliphatic heterocycles. The number of nitrogens with zero attached hydrogens (tertiary/aromatic N) is 6. The summed E-state index contributed by atoms with van der Waals surface area (Å²) >= 11 is 4.09. The first-order chi connectivity index (χ1) is 11.8. The van der Waals surface area contributed by atoms with Gasteiger partial charge in [0.25, 0.3) is 11.8 Å². The van der Waals surface area contributed by atoms with Crippen LogP contribution in [0.5, 0.6) is 0 Å². The number of rotatable bonds is 3. The first kappa shape index (κ1) is 18.0. The van der Waals surface area contributed by atoms with E-state index in [9.17, 15) is 9.59 Å².